The summed E-state index contributed by atoms with van der Waals surface area (Å²) >= 11 is 0. The minimum absolute atomic E-state index is 0.0340. The minimum atomic E-state index is -0.161. The molecular weight excluding hydrogens is 375 g/mol. The molecule has 2 aromatic rings. The van der Waals surface area contributed by atoms with E-state index in [0.717, 1.165) is 49.6 Å². The maximum absolute atomic E-state index is 15.1. The first kappa shape index (κ1) is 22.4. The molecule has 4 nitrogen and oxygen atoms in total. The van der Waals surface area contributed by atoms with E-state index in [9.17, 15) is 0 Å². The second-order valence-corrected chi connectivity index (χ2v) is 9.43. The second kappa shape index (κ2) is 10.1. The van der Waals surface area contributed by atoms with Crippen LogP contribution in [0.4, 0.5) is 10.3 Å². The van der Waals surface area contributed by atoms with E-state index in [0.29, 0.717) is 12.0 Å². The maximum atomic E-state index is 15.1. The average Bonchev–Trinajstić information content (AvgIpc) is 2.73. The van der Waals surface area contributed by atoms with Crippen LogP contribution in [0.15, 0.2) is 35.6 Å². The van der Waals surface area contributed by atoms with E-state index < -0.39 is 0 Å². The molecule has 1 saturated heterocycles. The second-order valence-electron chi connectivity index (χ2n) is 9.43. The van der Waals surface area contributed by atoms with Crippen molar-refractivity contribution in [1.29, 1.82) is 0 Å². The highest BCUT2D eigenvalue weighted by molar-refractivity contribution is 5.86. The number of halogens is 1. The molecule has 0 spiro atoms. The third kappa shape index (κ3) is 6.10. The molecule has 0 aliphatic carbocycles. The number of aromatic nitrogens is 2. The maximum Gasteiger partial charge on any atom is 0.225 e. The Morgan fingerprint density at radius 3 is 2.40 bits per heavy atom. The molecule has 1 aromatic carbocycles. The Morgan fingerprint density at radius 1 is 1.07 bits per heavy atom. The molecule has 0 atom stereocenters. The van der Waals surface area contributed by atoms with Gasteiger partial charge in [0.15, 0.2) is 0 Å². The van der Waals surface area contributed by atoms with E-state index in [-0.39, 0.29) is 11.2 Å². The van der Waals surface area contributed by atoms with Crippen LogP contribution < -0.4 is 4.90 Å². The number of nitrogens with zero attached hydrogens (tertiary/aromatic N) is 4. The molecule has 0 amide bonds. The first-order valence-corrected chi connectivity index (χ1v) is 11.2. The van der Waals surface area contributed by atoms with Crippen LogP contribution in [0, 0.1) is 11.2 Å². The van der Waals surface area contributed by atoms with Crippen molar-refractivity contribution in [2.24, 2.45) is 10.4 Å². The first-order valence-electron chi connectivity index (χ1n) is 11.2. The molecule has 1 fully saturated rings. The van der Waals surface area contributed by atoms with E-state index in [2.05, 4.69) is 42.6 Å². The Bertz CT molecular complexity index is 842. The van der Waals surface area contributed by atoms with Crippen LogP contribution in [0.5, 0.6) is 0 Å². The van der Waals surface area contributed by atoms with Crippen LogP contribution in [0.25, 0.3) is 11.1 Å². The minimum Gasteiger partial charge on any atom is -0.340 e. The van der Waals surface area contributed by atoms with E-state index in [1.807, 2.05) is 18.2 Å². The Hall–Kier alpha value is -2.30. The largest absolute Gasteiger partial charge is 0.340 e. The standard InChI is InChI=1S/C25H35FN4/c1-5-6-7-13-27-21-11-14-30(15-12-21)24-28-17-20(18-29-24)22-10-8-9-19(23(22)26)16-25(2,3)4/h8-10,17-18H,5-7,11-16H2,1-4H3. The molecule has 0 bridgehead atoms. The van der Waals surface area contributed by atoms with Gasteiger partial charge in [-0.3, -0.25) is 4.99 Å². The Labute approximate surface area is 180 Å². The zero-order valence-corrected chi connectivity index (χ0v) is 18.9. The van der Waals surface area contributed by atoms with Crippen LogP contribution in [-0.4, -0.2) is 35.3 Å². The van der Waals surface area contributed by atoms with Gasteiger partial charge in [-0.05, 0) is 23.8 Å². The number of hydrogen-bond donors (Lipinski definition) is 0. The number of piperidine rings is 1. The van der Waals surface area contributed by atoms with Gasteiger partial charge in [-0.2, -0.15) is 0 Å². The van der Waals surface area contributed by atoms with Gasteiger partial charge >= 0.3 is 0 Å². The number of hydrogen-bond acceptors (Lipinski definition) is 4. The van der Waals surface area contributed by atoms with Gasteiger partial charge in [-0.15, -0.1) is 0 Å². The SMILES string of the molecule is CCCCCN=C1CCN(c2ncc(-c3cccc(CC(C)(C)C)c3F)cn2)CC1. The van der Waals surface area contributed by atoms with Gasteiger partial charge in [-0.25, -0.2) is 14.4 Å². The monoisotopic (exact) mass is 410 g/mol. The third-order valence-electron chi connectivity index (χ3n) is 5.47. The summed E-state index contributed by atoms with van der Waals surface area (Å²) in [7, 11) is 0. The average molecular weight is 411 g/mol. The zero-order valence-electron chi connectivity index (χ0n) is 18.9. The lowest BCUT2D eigenvalue weighted by Crippen LogP contribution is -2.35. The normalized spacial score (nSPS) is 14.8. The van der Waals surface area contributed by atoms with Crippen molar-refractivity contribution in [3.63, 3.8) is 0 Å². The van der Waals surface area contributed by atoms with E-state index in [1.165, 1.54) is 25.0 Å². The fraction of sp³-hybridized carbons (Fsp3) is 0.560. The fourth-order valence-electron chi connectivity index (χ4n) is 3.86. The van der Waals surface area contributed by atoms with Crippen molar-refractivity contribution in [2.75, 3.05) is 24.5 Å². The van der Waals surface area contributed by atoms with E-state index >= 15 is 4.39 Å². The van der Waals surface area contributed by atoms with Gasteiger partial charge < -0.3 is 4.90 Å². The van der Waals surface area contributed by atoms with Crippen molar-refractivity contribution < 1.29 is 4.39 Å². The van der Waals surface area contributed by atoms with Gasteiger partial charge in [0.25, 0.3) is 0 Å². The lowest BCUT2D eigenvalue weighted by molar-refractivity contribution is 0.402. The highest BCUT2D eigenvalue weighted by Gasteiger charge is 2.19. The van der Waals surface area contributed by atoms with Crippen LogP contribution >= 0.6 is 0 Å². The Balaban J connectivity index is 1.64. The summed E-state index contributed by atoms with van der Waals surface area (Å²) in [4.78, 5) is 16.0. The lowest BCUT2D eigenvalue weighted by Gasteiger charge is -2.27. The summed E-state index contributed by atoms with van der Waals surface area (Å²) in [5, 5.41) is 0. The van der Waals surface area contributed by atoms with Crippen LogP contribution in [0.1, 0.15) is 65.4 Å². The van der Waals surface area contributed by atoms with Crippen LogP contribution in [-0.2, 0) is 6.42 Å². The summed E-state index contributed by atoms with van der Waals surface area (Å²) in [5.41, 5.74) is 3.39. The van der Waals surface area contributed by atoms with Gasteiger partial charge in [0.05, 0.1) is 0 Å². The number of anilines is 1. The summed E-state index contributed by atoms with van der Waals surface area (Å²) < 4.78 is 15.1. The molecule has 0 radical (unpaired) electrons. The predicted octanol–water partition coefficient (Wildman–Crippen LogP) is 6.10. The number of aliphatic imine (C=N–C) groups is 1. The summed E-state index contributed by atoms with van der Waals surface area (Å²) in [6.07, 6.45) is 9.80. The molecule has 162 valence electrons. The van der Waals surface area contributed by atoms with Crippen molar-refractivity contribution in [3.8, 4) is 11.1 Å². The predicted molar refractivity (Wildman–Crippen MR) is 124 cm³/mol. The first-order chi connectivity index (χ1) is 14.4. The number of benzene rings is 1. The smallest absolute Gasteiger partial charge is 0.225 e. The molecule has 1 aliphatic heterocycles. The molecule has 1 aliphatic rings. The lowest BCUT2D eigenvalue weighted by atomic mass is 9.87. The molecule has 5 heteroatoms. The third-order valence-corrected chi connectivity index (χ3v) is 5.47. The summed E-state index contributed by atoms with van der Waals surface area (Å²) in [5.74, 6) is 0.556. The van der Waals surface area contributed by atoms with Crippen LogP contribution in [0.3, 0.4) is 0 Å². The molecule has 0 unspecified atom stereocenters. The summed E-state index contributed by atoms with van der Waals surface area (Å²) in [6.45, 7) is 11.3. The Morgan fingerprint density at radius 2 is 1.77 bits per heavy atom. The zero-order chi connectivity index (χ0) is 21.6. The van der Waals surface area contributed by atoms with Crippen molar-refractivity contribution in [1.82, 2.24) is 9.97 Å². The van der Waals surface area contributed by atoms with Crippen molar-refractivity contribution in [3.05, 3.63) is 42.0 Å². The topological polar surface area (TPSA) is 41.4 Å². The fourth-order valence-corrected chi connectivity index (χ4v) is 3.86. The van der Waals surface area contributed by atoms with E-state index in [1.54, 1.807) is 12.4 Å². The number of rotatable bonds is 7. The molecule has 30 heavy (non-hydrogen) atoms. The quantitative estimate of drug-likeness (QED) is 0.518. The highest BCUT2D eigenvalue weighted by atomic mass is 19.1. The summed E-state index contributed by atoms with van der Waals surface area (Å²) in [6, 6.07) is 5.59. The highest BCUT2D eigenvalue weighted by Crippen LogP contribution is 2.29. The number of unbranched alkanes of at least 4 members (excludes halogenated alkanes) is 2. The van der Waals surface area contributed by atoms with E-state index in [4.69, 9.17) is 4.99 Å². The molecule has 2 heterocycles. The van der Waals surface area contributed by atoms with Gasteiger partial charge in [0, 0.05) is 61.7 Å². The van der Waals surface area contributed by atoms with Crippen molar-refractivity contribution in [2.45, 2.75) is 66.2 Å². The van der Waals surface area contributed by atoms with Gasteiger partial charge in [0.2, 0.25) is 5.95 Å². The van der Waals surface area contributed by atoms with Gasteiger partial charge in [0.1, 0.15) is 5.82 Å². The molecular formula is C25H35FN4. The van der Waals surface area contributed by atoms with Gasteiger partial charge in [-0.1, -0.05) is 58.7 Å². The molecule has 3 rings (SSSR count). The molecule has 1 aromatic heterocycles. The molecule has 0 N–H and O–H groups in total. The van der Waals surface area contributed by atoms with Crippen molar-refractivity contribution >= 4 is 11.7 Å². The Kier molecular flexibility index (Phi) is 7.57. The van der Waals surface area contributed by atoms with Crippen LogP contribution in [0.2, 0.25) is 0 Å². The molecule has 0 saturated carbocycles.